The number of hydrogen-bond donors (Lipinski definition) is 0. The Labute approximate surface area is 112 Å². The second kappa shape index (κ2) is 5.32. The van der Waals surface area contributed by atoms with Gasteiger partial charge in [-0.1, -0.05) is 0 Å². The standard InChI is InChI=1S/C12H12BrF2NO2/c1-18-8-5-16(6-8)12(17)3-7-2-11(15)9(13)4-10(7)14/h2,4,8H,3,5-6H2,1H3. The third-order valence-corrected chi connectivity index (χ3v) is 3.57. The molecule has 6 heteroatoms. The highest BCUT2D eigenvalue weighted by Crippen LogP contribution is 2.21. The maximum Gasteiger partial charge on any atom is 0.227 e. The van der Waals surface area contributed by atoms with Gasteiger partial charge in [0.15, 0.2) is 0 Å². The summed E-state index contributed by atoms with van der Waals surface area (Å²) in [7, 11) is 1.58. The summed E-state index contributed by atoms with van der Waals surface area (Å²) in [6.07, 6.45) is -0.0765. The van der Waals surface area contributed by atoms with Crippen molar-refractivity contribution in [3.8, 4) is 0 Å². The van der Waals surface area contributed by atoms with Gasteiger partial charge in [0.05, 0.1) is 17.0 Å². The molecule has 1 saturated heterocycles. The number of hydrogen-bond acceptors (Lipinski definition) is 2. The Morgan fingerprint density at radius 3 is 2.72 bits per heavy atom. The molecule has 0 atom stereocenters. The van der Waals surface area contributed by atoms with Gasteiger partial charge in [0.25, 0.3) is 0 Å². The molecule has 1 aliphatic rings. The average Bonchev–Trinajstić information content (AvgIpc) is 2.24. The van der Waals surface area contributed by atoms with Crippen LogP contribution in [0, 0.1) is 11.6 Å². The van der Waals surface area contributed by atoms with Crippen LogP contribution in [0.15, 0.2) is 16.6 Å². The molecule has 0 aromatic heterocycles. The molecule has 2 rings (SSSR count). The van der Waals surface area contributed by atoms with E-state index in [0.717, 1.165) is 12.1 Å². The lowest BCUT2D eigenvalue weighted by molar-refractivity contribution is -0.142. The second-order valence-electron chi connectivity index (χ2n) is 4.19. The summed E-state index contributed by atoms with van der Waals surface area (Å²) in [4.78, 5) is 13.3. The molecular formula is C12H12BrF2NO2. The second-order valence-corrected chi connectivity index (χ2v) is 5.05. The fraction of sp³-hybridized carbons (Fsp3) is 0.417. The number of carbonyl (C=O) groups is 1. The lowest BCUT2D eigenvalue weighted by Crippen LogP contribution is -2.54. The van der Waals surface area contributed by atoms with Gasteiger partial charge in [0.1, 0.15) is 11.6 Å². The van der Waals surface area contributed by atoms with Crippen LogP contribution >= 0.6 is 15.9 Å². The number of nitrogens with zero attached hydrogens (tertiary/aromatic N) is 1. The number of amides is 1. The number of methoxy groups -OCH3 is 1. The van der Waals surface area contributed by atoms with Crippen LogP contribution in [-0.2, 0) is 16.0 Å². The molecule has 1 heterocycles. The first-order valence-corrected chi connectivity index (χ1v) is 6.24. The Bertz CT molecular complexity index is 475. The summed E-state index contributed by atoms with van der Waals surface area (Å²) >= 11 is 2.89. The number of likely N-dealkylation sites (tertiary alicyclic amines) is 1. The molecule has 0 spiro atoms. The van der Waals surface area contributed by atoms with Gasteiger partial charge in [-0.25, -0.2) is 8.78 Å². The molecule has 3 nitrogen and oxygen atoms in total. The van der Waals surface area contributed by atoms with E-state index in [1.54, 1.807) is 12.0 Å². The van der Waals surface area contributed by atoms with Gasteiger partial charge in [-0.05, 0) is 28.1 Å². The molecule has 0 saturated carbocycles. The highest BCUT2D eigenvalue weighted by molar-refractivity contribution is 9.10. The van der Waals surface area contributed by atoms with Gasteiger partial charge < -0.3 is 9.64 Å². The van der Waals surface area contributed by atoms with Crippen LogP contribution in [0.1, 0.15) is 5.56 Å². The number of carbonyl (C=O) groups excluding carboxylic acids is 1. The minimum atomic E-state index is -0.583. The van der Waals surface area contributed by atoms with Crippen LogP contribution in [0.2, 0.25) is 0 Å². The Morgan fingerprint density at radius 2 is 2.11 bits per heavy atom. The predicted octanol–water partition coefficient (Wildman–Crippen LogP) is 2.13. The normalized spacial score (nSPS) is 15.7. The molecule has 98 valence electrons. The van der Waals surface area contributed by atoms with Crippen molar-refractivity contribution in [2.24, 2.45) is 0 Å². The molecule has 1 amide bonds. The number of rotatable bonds is 3. The van der Waals surface area contributed by atoms with Crippen molar-refractivity contribution in [1.82, 2.24) is 4.90 Å². The van der Waals surface area contributed by atoms with Gasteiger partial charge in [0, 0.05) is 25.8 Å². The number of benzene rings is 1. The molecule has 0 unspecified atom stereocenters. The lowest BCUT2D eigenvalue weighted by Gasteiger charge is -2.38. The van der Waals surface area contributed by atoms with E-state index in [0.29, 0.717) is 13.1 Å². The summed E-state index contributed by atoms with van der Waals surface area (Å²) in [5.41, 5.74) is 0.0709. The first-order chi connectivity index (χ1) is 8.51. The first kappa shape index (κ1) is 13.4. The topological polar surface area (TPSA) is 29.5 Å². The monoisotopic (exact) mass is 319 g/mol. The third kappa shape index (κ3) is 2.70. The maximum absolute atomic E-state index is 13.5. The van der Waals surface area contributed by atoms with Gasteiger partial charge in [-0.2, -0.15) is 0 Å². The SMILES string of the molecule is COC1CN(C(=O)Cc2cc(F)c(Br)cc2F)C1. The maximum atomic E-state index is 13.5. The van der Waals surface area contributed by atoms with E-state index in [9.17, 15) is 13.6 Å². The highest BCUT2D eigenvalue weighted by Gasteiger charge is 2.30. The summed E-state index contributed by atoms with van der Waals surface area (Å²) < 4.78 is 31.9. The molecule has 1 aromatic carbocycles. The summed E-state index contributed by atoms with van der Waals surface area (Å²) in [5, 5.41) is 0. The van der Waals surface area contributed by atoms with E-state index >= 15 is 0 Å². The molecule has 0 aliphatic carbocycles. The van der Waals surface area contributed by atoms with Crippen molar-refractivity contribution in [3.63, 3.8) is 0 Å². The minimum absolute atomic E-state index is 0.0552. The van der Waals surface area contributed by atoms with E-state index < -0.39 is 11.6 Å². The summed E-state index contributed by atoms with van der Waals surface area (Å²) in [6, 6.07) is 2.08. The van der Waals surface area contributed by atoms with E-state index in [1.807, 2.05) is 0 Å². The van der Waals surface area contributed by atoms with Gasteiger partial charge in [0.2, 0.25) is 5.91 Å². The van der Waals surface area contributed by atoms with Crippen molar-refractivity contribution in [2.45, 2.75) is 12.5 Å². The largest absolute Gasteiger partial charge is 0.378 e. The Balaban J connectivity index is 2.02. The van der Waals surface area contributed by atoms with Crippen LogP contribution in [-0.4, -0.2) is 37.1 Å². The molecule has 18 heavy (non-hydrogen) atoms. The van der Waals surface area contributed by atoms with Crippen molar-refractivity contribution >= 4 is 21.8 Å². The Morgan fingerprint density at radius 1 is 1.44 bits per heavy atom. The summed E-state index contributed by atoms with van der Waals surface area (Å²) in [5.74, 6) is -1.37. The van der Waals surface area contributed by atoms with Gasteiger partial charge in [-0.3, -0.25) is 4.79 Å². The zero-order valence-electron chi connectivity index (χ0n) is 9.75. The molecule has 0 bridgehead atoms. The van der Waals surface area contributed by atoms with Crippen molar-refractivity contribution in [2.75, 3.05) is 20.2 Å². The molecule has 0 radical (unpaired) electrons. The van der Waals surface area contributed by atoms with Crippen LogP contribution < -0.4 is 0 Å². The third-order valence-electron chi connectivity index (χ3n) is 2.97. The fourth-order valence-corrected chi connectivity index (χ4v) is 2.08. The minimum Gasteiger partial charge on any atom is -0.378 e. The quantitative estimate of drug-likeness (QED) is 0.799. The van der Waals surface area contributed by atoms with Crippen LogP contribution in [0.5, 0.6) is 0 Å². The van der Waals surface area contributed by atoms with E-state index in [4.69, 9.17) is 4.74 Å². The van der Waals surface area contributed by atoms with Crippen LogP contribution in [0.3, 0.4) is 0 Å². The Hall–Kier alpha value is -1.01. The lowest BCUT2D eigenvalue weighted by atomic mass is 10.1. The average molecular weight is 320 g/mol. The van der Waals surface area contributed by atoms with Crippen molar-refractivity contribution in [1.29, 1.82) is 0 Å². The summed E-state index contributed by atoms with van der Waals surface area (Å²) in [6.45, 7) is 1.02. The van der Waals surface area contributed by atoms with Crippen molar-refractivity contribution < 1.29 is 18.3 Å². The molecule has 1 aliphatic heterocycles. The van der Waals surface area contributed by atoms with Gasteiger partial charge in [-0.15, -0.1) is 0 Å². The Kier molecular flexibility index (Phi) is 3.97. The predicted molar refractivity (Wildman–Crippen MR) is 65.1 cm³/mol. The fourth-order valence-electron chi connectivity index (χ4n) is 1.76. The first-order valence-electron chi connectivity index (χ1n) is 5.45. The number of halogens is 3. The van der Waals surface area contributed by atoms with Crippen LogP contribution in [0.25, 0.3) is 0 Å². The zero-order valence-corrected chi connectivity index (χ0v) is 11.3. The van der Waals surface area contributed by atoms with E-state index in [-0.39, 0.29) is 28.5 Å². The van der Waals surface area contributed by atoms with Gasteiger partial charge >= 0.3 is 0 Å². The molecule has 1 aromatic rings. The van der Waals surface area contributed by atoms with E-state index in [1.165, 1.54) is 0 Å². The highest BCUT2D eigenvalue weighted by atomic mass is 79.9. The smallest absolute Gasteiger partial charge is 0.227 e. The van der Waals surface area contributed by atoms with E-state index in [2.05, 4.69) is 15.9 Å². The number of ether oxygens (including phenoxy) is 1. The zero-order chi connectivity index (χ0) is 13.3. The molecule has 1 fully saturated rings. The van der Waals surface area contributed by atoms with Crippen molar-refractivity contribution in [3.05, 3.63) is 33.8 Å². The van der Waals surface area contributed by atoms with Crippen LogP contribution in [0.4, 0.5) is 8.78 Å². The molecular weight excluding hydrogens is 308 g/mol. The molecule has 0 N–H and O–H groups in total.